The molecule has 1 aromatic rings. The molecule has 0 bridgehead atoms. The first-order valence-electron chi connectivity index (χ1n) is 6.59. The van der Waals surface area contributed by atoms with Gasteiger partial charge in [0.15, 0.2) is 0 Å². The van der Waals surface area contributed by atoms with E-state index >= 15 is 0 Å². The van der Waals surface area contributed by atoms with E-state index < -0.39 is 0 Å². The first-order valence-corrected chi connectivity index (χ1v) is 6.59. The Morgan fingerprint density at radius 2 is 1.76 bits per heavy atom. The molecule has 1 heterocycles. The highest BCUT2D eigenvalue weighted by Gasteiger charge is 2.37. The average Bonchev–Trinajstić information content (AvgIpc) is 2.72. The number of benzene rings is 1. The summed E-state index contributed by atoms with van der Waals surface area (Å²) < 4.78 is 0. The van der Waals surface area contributed by atoms with Crippen molar-refractivity contribution in [3.8, 4) is 0 Å². The van der Waals surface area contributed by atoms with Crippen LogP contribution in [-0.4, -0.2) is 17.0 Å². The van der Waals surface area contributed by atoms with E-state index in [1.54, 1.807) is 0 Å². The van der Waals surface area contributed by atoms with Crippen LogP contribution in [-0.2, 0) is 5.54 Å². The number of rotatable bonds is 3. The summed E-state index contributed by atoms with van der Waals surface area (Å²) in [5.41, 5.74) is 1.49. The van der Waals surface area contributed by atoms with Gasteiger partial charge in [-0.1, -0.05) is 49.4 Å². The van der Waals surface area contributed by atoms with Gasteiger partial charge in [-0.15, -0.1) is 0 Å². The molecule has 0 amide bonds. The van der Waals surface area contributed by atoms with Gasteiger partial charge in [0.1, 0.15) is 0 Å². The molecule has 0 radical (unpaired) electrons. The van der Waals surface area contributed by atoms with E-state index in [0.29, 0.717) is 12.1 Å². The Labute approximate surface area is 105 Å². The van der Waals surface area contributed by atoms with Crippen LogP contribution < -0.4 is 0 Å². The molecular weight excluding hydrogens is 206 g/mol. The second-order valence-corrected chi connectivity index (χ2v) is 5.43. The molecule has 92 valence electrons. The molecule has 0 aliphatic carbocycles. The van der Waals surface area contributed by atoms with Crippen molar-refractivity contribution >= 4 is 0 Å². The quantitative estimate of drug-likeness (QED) is 0.709. The number of hydrogen-bond donors (Lipinski definition) is 0. The third-order valence-corrected chi connectivity index (χ3v) is 3.95. The van der Waals surface area contributed by atoms with Crippen LogP contribution in [0.25, 0.3) is 0 Å². The van der Waals surface area contributed by atoms with E-state index in [4.69, 9.17) is 0 Å². The smallest absolute Gasteiger partial charge is 0.0416 e. The van der Waals surface area contributed by atoms with E-state index in [1.165, 1.54) is 12.0 Å². The highest BCUT2D eigenvalue weighted by atomic mass is 15.2. The first kappa shape index (κ1) is 12.4. The minimum atomic E-state index is 0.0881. The predicted molar refractivity (Wildman–Crippen MR) is 74.0 cm³/mol. The molecule has 1 heteroatoms. The lowest BCUT2D eigenvalue weighted by Crippen LogP contribution is -2.48. The molecule has 0 spiro atoms. The second kappa shape index (κ2) is 4.66. The summed E-state index contributed by atoms with van der Waals surface area (Å²) in [7, 11) is 0. The van der Waals surface area contributed by atoms with E-state index in [2.05, 4.69) is 75.1 Å². The van der Waals surface area contributed by atoms with Gasteiger partial charge in [0.25, 0.3) is 0 Å². The monoisotopic (exact) mass is 229 g/mol. The highest BCUT2D eigenvalue weighted by molar-refractivity contribution is 5.26. The maximum absolute atomic E-state index is 2.61. The zero-order valence-corrected chi connectivity index (χ0v) is 11.4. The summed E-state index contributed by atoms with van der Waals surface area (Å²) in [5, 5.41) is 0. The molecule has 1 nitrogen and oxygen atoms in total. The van der Waals surface area contributed by atoms with Crippen molar-refractivity contribution in [2.75, 3.05) is 0 Å². The Morgan fingerprint density at radius 1 is 1.12 bits per heavy atom. The predicted octanol–water partition coefficient (Wildman–Crippen LogP) is 3.96. The van der Waals surface area contributed by atoms with Gasteiger partial charge in [-0.05, 0) is 32.8 Å². The standard InChI is InChI=1S/C16H23N/c1-5-15-12-11-13(2)17(15)16(3,4)14-9-7-6-8-10-14/h6-13,15H,5H2,1-4H3. The lowest BCUT2D eigenvalue weighted by Gasteiger charge is -2.43. The fraction of sp³-hybridized carbons (Fsp3) is 0.500. The van der Waals surface area contributed by atoms with Gasteiger partial charge >= 0.3 is 0 Å². The van der Waals surface area contributed by atoms with Gasteiger partial charge in [-0.25, -0.2) is 0 Å². The van der Waals surface area contributed by atoms with Crippen molar-refractivity contribution in [2.45, 2.75) is 51.7 Å². The zero-order chi connectivity index (χ0) is 12.5. The molecular formula is C16H23N. The zero-order valence-electron chi connectivity index (χ0n) is 11.4. The minimum absolute atomic E-state index is 0.0881. The van der Waals surface area contributed by atoms with Gasteiger partial charge < -0.3 is 0 Å². The Kier molecular flexibility index (Phi) is 3.39. The van der Waals surface area contributed by atoms with Crippen molar-refractivity contribution < 1.29 is 0 Å². The molecule has 1 aromatic carbocycles. The molecule has 0 saturated carbocycles. The molecule has 1 aliphatic heterocycles. The SMILES string of the molecule is CCC1C=CC(C)N1C(C)(C)c1ccccc1. The summed E-state index contributed by atoms with van der Waals surface area (Å²) in [6, 6.07) is 11.9. The van der Waals surface area contributed by atoms with Crippen molar-refractivity contribution in [1.82, 2.24) is 4.90 Å². The molecule has 0 fully saturated rings. The van der Waals surface area contributed by atoms with Crippen molar-refractivity contribution in [2.24, 2.45) is 0 Å². The second-order valence-electron chi connectivity index (χ2n) is 5.43. The Bertz CT molecular complexity index is 391. The molecule has 17 heavy (non-hydrogen) atoms. The van der Waals surface area contributed by atoms with Crippen molar-refractivity contribution in [1.29, 1.82) is 0 Å². The number of nitrogens with zero attached hydrogens (tertiary/aromatic N) is 1. The number of hydrogen-bond acceptors (Lipinski definition) is 1. The van der Waals surface area contributed by atoms with Gasteiger partial charge in [0.05, 0.1) is 0 Å². The van der Waals surface area contributed by atoms with Gasteiger partial charge in [-0.2, -0.15) is 0 Å². The third-order valence-electron chi connectivity index (χ3n) is 3.95. The molecule has 2 atom stereocenters. The van der Waals surface area contributed by atoms with Gasteiger partial charge in [0.2, 0.25) is 0 Å². The molecule has 1 aliphatic rings. The Balaban J connectivity index is 2.32. The largest absolute Gasteiger partial charge is 0.282 e. The van der Waals surface area contributed by atoms with Crippen LogP contribution in [0.3, 0.4) is 0 Å². The van der Waals surface area contributed by atoms with Gasteiger partial charge in [0, 0.05) is 17.6 Å². The van der Waals surface area contributed by atoms with Crippen molar-refractivity contribution in [3.05, 3.63) is 48.0 Å². The van der Waals surface area contributed by atoms with Crippen LogP contribution in [0.15, 0.2) is 42.5 Å². The summed E-state index contributed by atoms with van der Waals surface area (Å²) in [6.07, 6.45) is 5.87. The summed E-state index contributed by atoms with van der Waals surface area (Å²) in [4.78, 5) is 2.61. The van der Waals surface area contributed by atoms with Crippen molar-refractivity contribution in [3.63, 3.8) is 0 Å². The fourth-order valence-electron chi connectivity index (χ4n) is 3.03. The fourth-order valence-corrected chi connectivity index (χ4v) is 3.03. The molecule has 0 N–H and O–H groups in total. The summed E-state index contributed by atoms with van der Waals surface area (Å²) in [6.45, 7) is 9.21. The lowest BCUT2D eigenvalue weighted by atomic mass is 9.90. The van der Waals surface area contributed by atoms with Crippen LogP contribution in [0, 0.1) is 0 Å². The van der Waals surface area contributed by atoms with E-state index in [9.17, 15) is 0 Å². The topological polar surface area (TPSA) is 3.24 Å². The molecule has 0 saturated heterocycles. The normalized spacial score (nSPS) is 25.4. The maximum Gasteiger partial charge on any atom is 0.0416 e. The highest BCUT2D eigenvalue weighted by Crippen LogP contribution is 2.35. The minimum Gasteiger partial charge on any atom is -0.282 e. The Hall–Kier alpha value is -1.08. The first-order chi connectivity index (χ1) is 8.07. The van der Waals surface area contributed by atoms with E-state index in [-0.39, 0.29) is 5.54 Å². The average molecular weight is 229 g/mol. The summed E-state index contributed by atoms with van der Waals surface area (Å²) >= 11 is 0. The summed E-state index contributed by atoms with van der Waals surface area (Å²) in [5.74, 6) is 0. The van der Waals surface area contributed by atoms with E-state index in [1.807, 2.05) is 0 Å². The third kappa shape index (κ3) is 2.16. The van der Waals surface area contributed by atoms with Crippen LogP contribution >= 0.6 is 0 Å². The van der Waals surface area contributed by atoms with Crippen LogP contribution in [0.4, 0.5) is 0 Å². The lowest BCUT2D eigenvalue weighted by molar-refractivity contribution is 0.0761. The molecule has 2 rings (SSSR count). The van der Waals surface area contributed by atoms with Crippen LogP contribution in [0.5, 0.6) is 0 Å². The molecule has 2 unspecified atom stereocenters. The maximum atomic E-state index is 2.61. The van der Waals surface area contributed by atoms with Gasteiger partial charge in [-0.3, -0.25) is 4.90 Å². The van der Waals surface area contributed by atoms with E-state index in [0.717, 1.165) is 0 Å². The Morgan fingerprint density at radius 3 is 2.35 bits per heavy atom. The molecule has 0 aromatic heterocycles. The van der Waals surface area contributed by atoms with Crippen LogP contribution in [0.1, 0.15) is 39.7 Å². The van der Waals surface area contributed by atoms with Crippen LogP contribution in [0.2, 0.25) is 0 Å².